The van der Waals surface area contributed by atoms with Crippen LogP contribution in [0.4, 0.5) is 0 Å². The molecular formula is C10H18ClN3O. The topological polar surface area (TPSA) is 50.1 Å². The molecule has 1 heterocycles. The lowest BCUT2D eigenvalue weighted by Gasteiger charge is -2.11. The number of hydrogen-bond acceptors (Lipinski definition) is 3. The summed E-state index contributed by atoms with van der Waals surface area (Å²) in [7, 11) is 1.83. The van der Waals surface area contributed by atoms with Crippen LogP contribution in [0.3, 0.4) is 0 Å². The summed E-state index contributed by atoms with van der Waals surface area (Å²) in [5.41, 5.74) is 1.98. The molecule has 0 saturated carbocycles. The van der Waals surface area contributed by atoms with E-state index in [2.05, 4.69) is 10.4 Å². The first kappa shape index (κ1) is 12.5. The van der Waals surface area contributed by atoms with Crippen LogP contribution in [0.2, 0.25) is 5.15 Å². The zero-order valence-electron chi connectivity index (χ0n) is 9.42. The van der Waals surface area contributed by atoms with Gasteiger partial charge in [0.05, 0.1) is 5.69 Å². The van der Waals surface area contributed by atoms with Gasteiger partial charge in [0.2, 0.25) is 0 Å². The molecule has 0 spiro atoms. The predicted molar refractivity (Wildman–Crippen MR) is 61.0 cm³/mol. The van der Waals surface area contributed by atoms with Gasteiger partial charge in [0.1, 0.15) is 5.15 Å². The van der Waals surface area contributed by atoms with Crippen LogP contribution in [0.15, 0.2) is 0 Å². The molecule has 1 rings (SSSR count). The number of nitrogens with zero attached hydrogens (tertiary/aromatic N) is 2. The molecule has 0 bridgehead atoms. The maximum absolute atomic E-state index is 8.76. The smallest absolute Gasteiger partial charge is 0.131 e. The molecule has 15 heavy (non-hydrogen) atoms. The van der Waals surface area contributed by atoms with Crippen molar-refractivity contribution in [3.8, 4) is 0 Å². The van der Waals surface area contributed by atoms with Crippen LogP contribution in [0.5, 0.6) is 0 Å². The molecule has 1 aromatic heterocycles. The van der Waals surface area contributed by atoms with E-state index in [1.807, 2.05) is 20.9 Å². The number of hydrogen-bond donors (Lipinski definition) is 2. The van der Waals surface area contributed by atoms with Gasteiger partial charge in [0.25, 0.3) is 0 Å². The van der Waals surface area contributed by atoms with Gasteiger partial charge in [-0.15, -0.1) is 0 Å². The van der Waals surface area contributed by atoms with Crippen molar-refractivity contribution in [1.29, 1.82) is 0 Å². The van der Waals surface area contributed by atoms with E-state index in [0.717, 1.165) is 17.7 Å². The third kappa shape index (κ3) is 3.19. The van der Waals surface area contributed by atoms with Gasteiger partial charge in [-0.05, 0) is 20.3 Å². The molecule has 1 unspecified atom stereocenters. The molecule has 86 valence electrons. The summed E-state index contributed by atoms with van der Waals surface area (Å²) in [6.45, 7) is 4.88. The number of nitrogens with one attached hydrogen (secondary N) is 1. The van der Waals surface area contributed by atoms with E-state index in [-0.39, 0.29) is 12.6 Å². The summed E-state index contributed by atoms with van der Waals surface area (Å²) in [6, 6.07) is 0.283. The fourth-order valence-corrected chi connectivity index (χ4v) is 1.69. The van der Waals surface area contributed by atoms with Crippen LogP contribution in [-0.2, 0) is 13.6 Å². The van der Waals surface area contributed by atoms with Crippen molar-refractivity contribution < 1.29 is 5.11 Å². The van der Waals surface area contributed by atoms with Gasteiger partial charge in [-0.2, -0.15) is 5.10 Å². The Morgan fingerprint density at radius 1 is 1.60 bits per heavy atom. The molecule has 2 N–H and O–H groups in total. The molecule has 1 aromatic rings. The molecular weight excluding hydrogens is 214 g/mol. The van der Waals surface area contributed by atoms with Gasteiger partial charge >= 0.3 is 0 Å². The summed E-state index contributed by atoms with van der Waals surface area (Å²) in [6.07, 6.45) is 0.747. The van der Waals surface area contributed by atoms with E-state index in [4.69, 9.17) is 16.7 Å². The Balaban J connectivity index is 2.57. The van der Waals surface area contributed by atoms with Crippen molar-refractivity contribution in [2.24, 2.45) is 7.05 Å². The first-order valence-corrected chi connectivity index (χ1v) is 5.46. The zero-order valence-corrected chi connectivity index (χ0v) is 10.2. The molecule has 0 fully saturated rings. The van der Waals surface area contributed by atoms with Crippen LogP contribution < -0.4 is 5.32 Å². The van der Waals surface area contributed by atoms with Crippen molar-refractivity contribution in [2.75, 3.05) is 6.61 Å². The Morgan fingerprint density at radius 2 is 2.27 bits per heavy atom. The number of halogens is 1. The second-order valence-electron chi connectivity index (χ2n) is 3.77. The Kier molecular flexibility index (Phi) is 4.57. The van der Waals surface area contributed by atoms with Crippen LogP contribution in [-0.4, -0.2) is 27.5 Å². The predicted octanol–water partition coefficient (Wildman–Crippen LogP) is 1.24. The fraction of sp³-hybridized carbons (Fsp3) is 0.700. The third-order valence-corrected chi connectivity index (χ3v) is 2.93. The monoisotopic (exact) mass is 231 g/mol. The highest BCUT2D eigenvalue weighted by Crippen LogP contribution is 2.18. The van der Waals surface area contributed by atoms with Gasteiger partial charge in [0, 0.05) is 31.8 Å². The third-order valence-electron chi connectivity index (χ3n) is 2.46. The van der Waals surface area contributed by atoms with E-state index >= 15 is 0 Å². The van der Waals surface area contributed by atoms with Gasteiger partial charge < -0.3 is 10.4 Å². The summed E-state index contributed by atoms with van der Waals surface area (Å²) in [4.78, 5) is 0. The van der Waals surface area contributed by atoms with Crippen LogP contribution in [0.25, 0.3) is 0 Å². The average Bonchev–Trinajstić information content (AvgIpc) is 2.40. The molecule has 0 saturated heterocycles. The summed E-state index contributed by atoms with van der Waals surface area (Å²) in [5.74, 6) is 0. The first-order chi connectivity index (χ1) is 7.06. The lowest BCUT2D eigenvalue weighted by Crippen LogP contribution is -2.26. The number of aryl methyl sites for hydroxylation is 2. The molecule has 4 nitrogen and oxygen atoms in total. The maximum atomic E-state index is 8.76. The number of rotatable bonds is 5. The van der Waals surface area contributed by atoms with E-state index in [0.29, 0.717) is 11.7 Å². The van der Waals surface area contributed by atoms with Crippen LogP contribution >= 0.6 is 11.6 Å². The SMILES string of the molecule is Cc1nn(C)c(Cl)c1CNC(C)CCO. The minimum atomic E-state index is 0.202. The minimum absolute atomic E-state index is 0.202. The fourth-order valence-electron chi connectivity index (χ4n) is 1.45. The average molecular weight is 232 g/mol. The highest BCUT2D eigenvalue weighted by atomic mass is 35.5. The van der Waals surface area contributed by atoms with E-state index in [1.54, 1.807) is 4.68 Å². The molecule has 0 aliphatic carbocycles. The Morgan fingerprint density at radius 3 is 2.73 bits per heavy atom. The lowest BCUT2D eigenvalue weighted by atomic mass is 10.2. The van der Waals surface area contributed by atoms with Gasteiger partial charge in [-0.1, -0.05) is 11.6 Å². The molecule has 0 amide bonds. The zero-order chi connectivity index (χ0) is 11.4. The quantitative estimate of drug-likeness (QED) is 0.802. The van der Waals surface area contributed by atoms with Crippen molar-refractivity contribution in [3.05, 3.63) is 16.4 Å². The van der Waals surface area contributed by atoms with E-state index in [1.165, 1.54) is 0 Å². The van der Waals surface area contributed by atoms with Crippen LogP contribution in [0, 0.1) is 6.92 Å². The van der Waals surface area contributed by atoms with Crippen LogP contribution in [0.1, 0.15) is 24.6 Å². The second-order valence-corrected chi connectivity index (χ2v) is 4.13. The highest BCUT2D eigenvalue weighted by molar-refractivity contribution is 6.30. The molecule has 1 atom stereocenters. The molecule has 0 aliphatic rings. The normalized spacial score (nSPS) is 13.1. The summed E-state index contributed by atoms with van der Waals surface area (Å²) in [5, 5.41) is 17.0. The first-order valence-electron chi connectivity index (χ1n) is 5.08. The Labute approximate surface area is 95.2 Å². The number of aromatic nitrogens is 2. The standard InChI is InChI=1S/C10H18ClN3O/c1-7(4-5-15)12-6-9-8(2)13-14(3)10(9)11/h7,12,15H,4-6H2,1-3H3. The van der Waals surface area contributed by atoms with Crippen molar-refractivity contribution in [3.63, 3.8) is 0 Å². The molecule has 0 aromatic carbocycles. The van der Waals surface area contributed by atoms with Crippen molar-refractivity contribution in [1.82, 2.24) is 15.1 Å². The molecule has 0 radical (unpaired) electrons. The molecule has 5 heteroatoms. The van der Waals surface area contributed by atoms with Crippen molar-refractivity contribution >= 4 is 11.6 Å². The van der Waals surface area contributed by atoms with Gasteiger partial charge in [-0.25, -0.2) is 0 Å². The summed E-state index contributed by atoms with van der Waals surface area (Å²) >= 11 is 6.09. The largest absolute Gasteiger partial charge is 0.396 e. The van der Waals surface area contributed by atoms with E-state index in [9.17, 15) is 0 Å². The minimum Gasteiger partial charge on any atom is -0.396 e. The Bertz CT molecular complexity index is 325. The van der Waals surface area contributed by atoms with E-state index < -0.39 is 0 Å². The number of aliphatic hydroxyl groups is 1. The number of aliphatic hydroxyl groups excluding tert-OH is 1. The lowest BCUT2D eigenvalue weighted by molar-refractivity contribution is 0.268. The van der Waals surface area contributed by atoms with Gasteiger partial charge in [-0.3, -0.25) is 4.68 Å². The van der Waals surface area contributed by atoms with Gasteiger partial charge in [0.15, 0.2) is 0 Å². The highest BCUT2D eigenvalue weighted by Gasteiger charge is 2.11. The molecule has 0 aliphatic heterocycles. The second kappa shape index (κ2) is 5.49. The maximum Gasteiger partial charge on any atom is 0.131 e. The Hall–Kier alpha value is -0.580. The van der Waals surface area contributed by atoms with Crippen molar-refractivity contribution in [2.45, 2.75) is 32.9 Å². The summed E-state index contributed by atoms with van der Waals surface area (Å²) < 4.78 is 1.67.